The SMILES string of the molecule is Cc1ccccc1CSc1nc(N)n(-c2ncnc3ccccc23)n1. The second-order valence-corrected chi connectivity index (χ2v) is 6.54. The number of aryl methyl sites for hydroxylation is 1. The van der Waals surface area contributed by atoms with Gasteiger partial charge in [0.1, 0.15) is 6.33 Å². The third-order valence-corrected chi connectivity index (χ3v) is 4.84. The van der Waals surface area contributed by atoms with Gasteiger partial charge in [-0.2, -0.15) is 9.67 Å². The van der Waals surface area contributed by atoms with E-state index in [0.717, 1.165) is 16.7 Å². The average Bonchev–Trinajstić information content (AvgIpc) is 3.01. The maximum atomic E-state index is 6.08. The highest BCUT2D eigenvalue weighted by Crippen LogP contribution is 2.25. The van der Waals surface area contributed by atoms with Crippen LogP contribution in [-0.2, 0) is 5.75 Å². The zero-order valence-corrected chi connectivity index (χ0v) is 14.4. The van der Waals surface area contributed by atoms with Crippen molar-refractivity contribution in [2.45, 2.75) is 17.8 Å². The molecular weight excluding hydrogens is 332 g/mol. The van der Waals surface area contributed by atoms with Crippen LogP contribution in [0.4, 0.5) is 5.95 Å². The van der Waals surface area contributed by atoms with Crippen LogP contribution < -0.4 is 5.73 Å². The Morgan fingerprint density at radius 2 is 1.84 bits per heavy atom. The van der Waals surface area contributed by atoms with E-state index in [2.05, 4.69) is 39.1 Å². The van der Waals surface area contributed by atoms with E-state index in [1.54, 1.807) is 16.4 Å². The van der Waals surface area contributed by atoms with E-state index in [9.17, 15) is 0 Å². The van der Waals surface area contributed by atoms with E-state index in [-0.39, 0.29) is 0 Å². The molecule has 0 radical (unpaired) electrons. The van der Waals surface area contributed by atoms with Crippen LogP contribution >= 0.6 is 11.8 Å². The third-order valence-electron chi connectivity index (χ3n) is 3.95. The lowest BCUT2D eigenvalue weighted by Gasteiger charge is -2.05. The molecule has 0 spiro atoms. The number of benzene rings is 2. The van der Waals surface area contributed by atoms with Crippen molar-refractivity contribution >= 4 is 28.6 Å². The Balaban J connectivity index is 1.65. The molecule has 0 aliphatic carbocycles. The number of anilines is 1. The molecule has 2 aromatic carbocycles. The van der Waals surface area contributed by atoms with Gasteiger partial charge in [0, 0.05) is 11.1 Å². The van der Waals surface area contributed by atoms with E-state index >= 15 is 0 Å². The minimum absolute atomic E-state index is 0.316. The number of rotatable bonds is 4. The zero-order valence-electron chi connectivity index (χ0n) is 13.6. The summed E-state index contributed by atoms with van der Waals surface area (Å²) in [5.41, 5.74) is 9.44. The Bertz CT molecular complexity index is 1040. The van der Waals surface area contributed by atoms with Gasteiger partial charge in [-0.1, -0.05) is 48.2 Å². The fourth-order valence-corrected chi connectivity index (χ4v) is 3.50. The summed E-state index contributed by atoms with van der Waals surface area (Å²) in [6.45, 7) is 2.10. The molecule has 2 N–H and O–H groups in total. The van der Waals surface area contributed by atoms with E-state index in [0.29, 0.717) is 16.9 Å². The molecule has 4 aromatic rings. The third kappa shape index (κ3) is 3.06. The topological polar surface area (TPSA) is 82.5 Å². The van der Waals surface area contributed by atoms with Gasteiger partial charge in [0.2, 0.25) is 11.1 Å². The van der Waals surface area contributed by atoms with E-state index < -0.39 is 0 Å². The van der Waals surface area contributed by atoms with Crippen molar-refractivity contribution in [1.29, 1.82) is 0 Å². The maximum Gasteiger partial charge on any atom is 0.225 e. The summed E-state index contributed by atoms with van der Waals surface area (Å²) in [7, 11) is 0. The minimum Gasteiger partial charge on any atom is -0.368 e. The second kappa shape index (κ2) is 6.52. The summed E-state index contributed by atoms with van der Waals surface area (Å²) in [5.74, 6) is 1.75. The van der Waals surface area contributed by atoms with Crippen molar-refractivity contribution in [3.8, 4) is 5.82 Å². The van der Waals surface area contributed by atoms with Crippen molar-refractivity contribution in [3.63, 3.8) is 0 Å². The molecule has 2 heterocycles. The molecule has 25 heavy (non-hydrogen) atoms. The standard InChI is InChI=1S/C18H16N6S/c1-12-6-2-3-7-13(12)10-25-18-22-17(19)24(23-18)16-14-8-4-5-9-15(14)20-11-21-16/h2-9,11H,10H2,1H3,(H2,19,22,23). The van der Waals surface area contributed by atoms with Crippen molar-refractivity contribution in [1.82, 2.24) is 24.7 Å². The largest absolute Gasteiger partial charge is 0.368 e. The second-order valence-electron chi connectivity index (χ2n) is 5.59. The summed E-state index contributed by atoms with van der Waals surface area (Å²) in [6.07, 6.45) is 1.51. The van der Waals surface area contributed by atoms with Crippen molar-refractivity contribution in [2.24, 2.45) is 0 Å². The lowest BCUT2D eigenvalue weighted by atomic mass is 10.1. The molecule has 0 aliphatic heterocycles. The Morgan fingerprint density at radius 3 is 2.72 bits per heavy atom. The van der Waals surface area contributed by atoms with Crippen LogP contribution in [0.25, 0.3) is 16.7 Å². The Labute approximate surface area is 149 Å². The molecule has 0 bridgehead atoms. The molecule has 0 aliphatic rings. The Hall–Kier alpha value is -2.93. The summed E-state index contributed by atoms with van der Waals surface area (Å²) >= 11 is 1.56. The molecule has 4 rings (SSSR count). The average molecular weight is 348 g/mol. The molecule has 6 nitrogen and oxygen atoms in total. The number of hydrogen-bond donors (Lipinski definition) is 1. The van der Waals surface area contributed by atoms with Gasteiger partial charge in [-0.15, -0.1) is 5.10 Å². The van der Waals surface area contributed by atoms with E-state index in [4.69, 9.17) is 5.73 Å². The molecule has 0 fully saturated rings. The molecular formula is C18H16N6S. The van der Waals surface area contributed by atoms with E-state index in [1.165, 1.54) is 17.5 Å². The quantitative estimate of drug-likeness (QED) is 0.569. The fourth-order valence-electron chi connectivity index (χ4n) is 2.60. The number of fused-ring (bicyclic) bond motifs is 1. The van der Waals surface area contributed by atoms with Crippen molar-refractivity contribution in [2.75, 3.05) is 5.73 Å². The first kappa shape index (κ1) is 15.6. The van der Waals surface area contributed by atoms with Crippen molar-refractivity contribution < 1.29 is 0 Å². The molecule has 0 saturated carbocycles. The van der Waals surface area contributed by atoms with Crippen LogP contribution in [0, 0.1) is 6.92 Å². The molecule has 0 unspecified atom stereocenters. The van der Waals surface area contributed by atoms with Gasteiger partial charge in [-0.05, 0) is 30.2 Å². The van der Waals surface area contributed by atoms with Gasteiger partial charge in [0.05, 0.1) is 5.52 Å². The summed E-state index contributed by atoms with van der Waals surface area (Å²) in [5, 5.41) is 6.04. The van der Waals surface area contributed by atoms with E-state index in [1.807, 2.05) is 36.4 Å². The number of aromatic nitrogens is 5. The molecule has 0 saturated heterocycles. The Morgan fingerprint density at radius 1 is 1.04 bits per heavy atom. The normalized spacial score (nSPS) is 11.1. The van der Waals surface area contributed by atoms with Gasteiger partial charge in [-0.3, -0.25) is 0 Å². The predicted molar refractivity (Wildman–Crippen MR) is 99.6 cm³/mol. The summed E-state index contributed by atoms with van der Waals surface area (Å²) < 4.78 is 1.57. The van der Waals surface area contributed by atoms with Crippen LogP contribution in [0.1, 0.15) is 11.1 Å². The highest BCUT2D eigenvalue weighted by molar-refractivity contribution is 7.98. The van der Waals surface area contributed by atoms with Gasteiger partial charge in [0.15, 0.2) is 5.82 Å². The smallest absolute Gasteiger partial charge is 0.225 e. The molecule has 7 heteroatoms. The van der Waals surface area contributed by atoms with Gasteiger partial charge in [-0.25, -0.2) is 9.97 Å². The van der Waals surface area contributed by atoms with Gasteiger partial charge >= 0.3 is 0 Å². The lowest BCUT2D eigenvalue weighted by molar-refractivity contribution is 0.819. The number of nitrogens with two attached hydrogens (primary N) is 1. The highest BCUT2D eigenvalue weighted by atomic mass is 32.2. The molecule has 0 atom stereocenters. The predicted octanol–water partition coefficient (Wildman–Crippen LogP) is 3.39. The molecule has 124 valence electrons. The monoisotopic (exact) mass is 348 g/mol. The van der Waals surface area contributed by atoms with Crippen LogP contribution in [0.2, 0.25) is 0 Å². The van der Waals surface area contributed by atoms with Crippen LogP contribution in [0.15, 0.2) is 60.0 Å². The number of nitrogen functional groups attached to an aromatic ring is 1. The molecule has 0 amide bonds. The summed E-state index contributed by atoms with van der Waals surface area (Å²) in [4.78, 5) is 13.0. The lowest BCUT2D eigenvalue weighted by Crippen LogP contribution is -2.05. The Kier molecular flexibility index (Phi) is 4.07. The van der Waals surface area contributed by atoms with Crippen molar-refractivity contribution in [3.05, 3.63) is 66.0 Å². The van der Waals surface area contributed by atoms with Gasteiger partial charge < -0.3 is 5.73 Å². The number of nitrogens with zero attached hydrogens (tertiary/aromatic N) is 5. The fraction of sp³-hybridized carbons (Fsp3) is 0.111. The maximum absolute atomic E-state index is 6.08. The van der Waals surface area contributed by atoms with Crippen LogP contribution in [0.5, 0.6) is 0 Å². The molecule has 2 aromatic heterocycles. The number of hydrogen-bond acceptors (Lipinski definition) is 6. The highest BCUT2D eigenvalue weighted by Gasteiger charge is 2.13. The number of thioether (sulfide) groups is 1. The first-order chi connectivity index (χ1) is 12.2. The van der Waals surface area contributed by atoms with Gasteiger partial charge in [0.25, 0.3) is 0 Å². The minimum atomic E-state index is 0.316. The first-order valence-electron chi connectivity index (χ1n) is 7.82. The van der Waals surface area contributed by atoms with Crippen LogP contribution in [0.3, 0.4) is 0 Å². The number of para-hydroxylation sites is 1. The zero-order chi connectivity index (χ0) is 17.2. The summed E-state index contributed by atoms with van der Waals surface area (Å²) in [6, 6.07) is 16.0. The van der Waals surface area contributed by atoms with Crippen LogP contribution in [-0.4, -0.2) is 24.7 Å². The first-order valence-corrected chi connectivity index (χ1v) is 8.81.